The van der Waals surface area contributed by atoms with Gasteiger partial charge < -0.3 is 4.90 Å². The Morgan fingerprint density at radius 2 is 2.12 bits per heavy atom. The van der Waals surface area contributed by atoms with Crippen molar-refractivity contribution >= 4 is 17.2 Å². The van der Waals surface area contributed by atoms with Gasteiger partial charge >= 0.3 is 0 Å². The molecule has 3 heterocycles. The van der Waals surface area contributed by atoms with E-state index in [2.05, 4.69) is 15.2 Å². The van der Waals surface area contributed by atoms with Gasteiger partial charge in [0.25, 0.3) is 0 Å². The third kappa shape index (κ3) is 3.64. The average Bonchev–Trinajstić information content (AvgIpc) is 3.34. The van der Waals surface area contributed by atoms with Gasteiger partial charge in [-0.25, -0.2) is 4.98 Å². The van der Waals surface area contributed by atoms with E-state index in [1.165, 1.54) is 0 Å². The third-order valence-electron chi connectivity index (χ3n) is 4.60. The topological polar surface area (TPSA) is 61.9 Å². The Kier molecular flexibility index (Phi) is 4.61. The van der Waals surface area contributed by atoms with Crippen LogP contribution >= 0.6 is 11.3 Å². The predicted octanol–water partition coefficient (Wildman–Crippen LogP) is 3.48. The van der Waals surface area contributed by atoms with Crippen LogP contribution in [0.2, 0.25) is 0 Å². The van der Waals surface area contributed by atoms with E-state index < -0.39 is 0 Å². The Bertz CT molecular complexity index is 828. The second-order valence-corrected chi connectivity index (χ2v) is 7.38. The van der Waals surface area contributed by atoms with Gasteiger partial charge in [-0.1, -0.05) is 36.4 Å². The summed E-state index contributed by atoms with van der Waals surface area (Å²) in [5.74, 6) is 2.03. The van der Waals surface area contributed by atoms with E-state index in [1.54, 1.807) is 11.3 Å². The zero-order valence-corrected chi connectivity index (χ0v) is 14.7. The number of H-pyrrole nitrogens is 1. The van der Waals surface area contributed by atoms with Crippen molar-refractivity contribution in [2.75, 3.05) is 13.1 Å². The molecule has 0 saturated carbocycles. The summed E-state index contributed by atoms with van der Waals surface area (Å²) in [4.78, 5) is 20.3. The first-order chi connectivity index (χ1) is 12.3. The van der Waals surface area contributed by atoms with Gasteiger partial charge in [0, 0.05) is 29.4 Å². The molecule has 0 bridgehead atoms. The highest BCUT2D eigenvalue weighted by Gasteiger charge is 2.27. The van der Waals surface area contributed by atoms with Crippen molar-refractivity contribution < 1.29 is 4.79 Å². The second-order valence-electron chi connectivity index (χ2n) is 6.35. The maximum absolute atomic E-state index is 12.6. The van der Waals surface area contributed by atoms with E-state index in [4.69, 9.17) is 0 Å². The minimum Gasteiger partial charge on any atom is -0.342 e. The molecule has 2 aromatic heterocycles. The minimum atomic E-state index is 0.204. The van der Waals surface area contributed by atoms with Gasteiger partial charge in [0.15, 0.2) is 5.82 Å². The normalized spacial score (nSPS) is 17.6. The van der Waals surface area contributed by atoms with Gasteiger partial charge in [0.2, 0.25) is 5.91 Å². The smallest absolute Gasteiger partial charge is 0.227 e. The SMILES string of the molecule is O=C(Cc1cccs1)N1CCC[C@H](c2nc(-c3ccccc3)n[nH]2)C1. The number of aromatic amines is 1. The average molecular weight is 352 g/mol. The molecule has 0 spiro atoms. The summed E-state index contributed by atoms with van der Waals surface area (Å²) in [6.45, 7) is 1.55. The maximum Gasteiger partial charge on any atom is 0.227 e. The number of thiophene rings is 1. The van der Waals surface area contributed by atoms with E-state index in [9.17, 15) is 4.79 Å². The molecule has 128 valence electrons. The Morgan fingerprint density at radius 3 is 2.92 bits per heavy atom. The number of aromatic nitrogens is 3. The van der Waals surface area contributed by atoms with E-state index in [0.29, 0.717) is 13.0 Å². The summed E-state index contributed by atoms with van der Waals surface area (Å²) in [6, 6.07) is 14.0. The van der Waals surface area contributed by atoms with Crippen molar-refractivity contribution in [3.05, 3.63) is 58.5 Å². The Labute approximate surface area is 150 Å². The zero-order valence-electron chi connectivity index (χ0n) is 13.9. The number of amides is 1. The number of rotatable bonds is 4. The van der Waals surface area contributed by atoms with Crippen molar-refractivity contribution in [1.29, 1.82) is 0 Å². The Hall–Kier alpha value is -2.47. The monoisotopic (exact) mass is 352 g/mol. The largest absolute Gasteiger partial charge is 0.342 e. The molecule has 4 rings (SSSR count). The molecule has 0 radical (unpaired) electrons. The molecule has 1 amide bonds. The molecular formula is C19H20N4OS. The quantitative estimate of drug-likeness (QED) is 0.782. The highest BCUT2D eigenvalue weighted by atomic mass is 32.1. The van der Waals surface area contributed by atoms with Crippen LogP contribution in [0, 0.1) is 0 Å². The number of nitrogens with zero attached hydrogens (tertiary/aromatic N) is 3. The predicted molar refractivity (Wildman–Crippen MR) is 98.4 cm³/mol. The van der Waals surface area contributed by atoms with E-state index in [0.717, 1.165) is 41.5 Å². The fraction of sp³-hybridized carbons (Fsp3) is 0.316. The van der Waals surface area contributed by atoms with Gasteiger partial charge in [0.1, 0.15) is 5.82 Å². The molecule has 5 nitrogen and oxygen atoms in total. The molecule has 1 aliphatic heterocycles. The standard InChI is InChI=1S/C19H20N4OS/c24-17(12-16-9-5-11-25-16)23-10-4-8-15(13-23)19-20-18(21-22-19)14-6-2-1-3-7-14/h1-3,5-7,9,11,15H,4,8,10,12-13H2,(H,20,21,22)/t15-/m0/s1. The summed E-state index contributed by atoms with van der Waals surface area (Å²) in [5.41, 5.74) is 1.01. The number of likely N-dealkylation sites (tertiary alicyclic amines) is 1. The number of benzene rings is 1. The first kappa shape index (κ1) is 16.0. The third-order valence-corrected chi connectivity index (χ3v) is 5.48. The molecule has 0 aliphatic carbocycles. The maximum atomic E-state index is 12.6. The van der Waals surface area contributed by atoms with Crippen LogP contribution in [0.15, 0.2) is 47.8 Å². The first-order valence-electron chi connectivity index (χ1n) is 8.57. The van der Waals surface area contributed by atoms with E-state index in [-0.39, 0.29) is 11.8 Å². The molecule has 6 heteroatoms. The first-order valence-corrected chi connectivity index (χ1v) is 9.45. The van der Waals surface area contributed by atoms with Crippen LogP contribution in [0.25, 0.3) is 11.4 Å². The highest BCUT2D eigenvalue weighted by Crippen LogP contribution is 2.26. The van der Waals surface area contributed by atoms with Crippen LogP contribution in [-0.2, 0) is 11.2 Å². The molecule has 1 atom stereocenters. The van der Waals surface area contributed by atoms with Crippen molar-refractivity contribution in [3.63, 3.8) is 0 Å². The van der Waals surface area contributed by atoms with Crippen molar-refractivity contribution in [3.8, 4) is 11.4 Å². The second kappa shape index (κ2) is 7.19. The summed E-state index contributed by atoms with van der Waals surface area (Å²) >= 11 is 1.64. The zero-order chi connectivity index (χ0) is 17.1. The van der Waals surface area contributed by atoms with Crippen LogP contribution in [0.1, 0.15) is 29.5 Å². The lowest BCUT2D eigenvalue weighted by Crippen LogP contribution is -2.40. The number of carbonyl (C=O) groups excluding carboxylic acids is 1. The lowest BCUT2D eigenvalue weighted by molar-refractivity contribution is -0.131. The molecule has 3 aromatic rings. The molecule has 1 saturated heterocycles. The molecule has 0 unspecified atom stereocenters. The molecular weight excluding hydrogens is 332 g/mol. The summed E-state index contributed by atoms with van der Waals surface area (Å²) in [6.07, 6.45) is 2.53. The van der Waals surface area contributed by atoms with Crippen LogP contribution < -0.4 is 0 Å². The van der Waals surface area contributed by atoms with E-state index >= 15 is 0 Å². The Balaban J connectivity index is 1.44. The highest BCUT2D eigenvalue weighted by molar-refractivity contribution is 7.10. The lowest BCUT2D eigenvalue weighted by atomic mass is 9.97. The molecule has 1 aromatic carbocycles. The van der Waals surface area contributed by atoms with Crippen LogP contribution in [0.3, 0.4) is 0 Å². The van der Waals surface area contributed by atoms with E-state index in [1.807, 2.05) is 52.7 Å². The number of hydrogen-bond acceptors (Lipinski definition) is 4. The van der Waals surface area contributed by atoms with Crippen molar-refractivity contribution in [1.82, 2.24) is 20.1 Å². The van der Waals surface area contributed by atoms with Crippen LogP contribution in [-0.4, -0.2) is 39.1 Å². The van der Waals surface area contributed by atoms with Gasteiger partial charge in [-0.05, 0) is 24.3 Å². The van der Waals surface area contributed by atoms with Gasteiger partial charge in [-0.2, -0.15) is 5.10 Å². The summed E-state index contributed by atoms with van der Waals surface area (Å²) in [7, 11) is 0. The molecule has 1 fully saturated rings. The fourth-order valence-corrected chi connectivity index (χ4v) is 3.97. The van der Waals surface area contributed by atoms with Crippen LogP contribution in [0.4, 0.5) is 0 Å². The molecule has 1 aliphatic rings. The summed E-state index contributed by atoms with van der Waals surface area (Å²) < 4.78 is 0. The minimum absolute atomic E-state index is 0.204. The van der Waals surface area contributed by atoms with Gasteiger partial charge in [-0.3, -0.25) is 9.89 Å². The van der Waals surface area contributed by atoms with Crippen molar-refractivity contribution in [2.24, 2.45) is 0 Å². The number of piperidine rings is 1. The number of nitrogens with one attached hydrogen (secondary N) is 1. The van der Waals surface area contributed by atoms with Crippen LogP contribution in [0.5, 0.6) is 0 Å². The molecule has 1 N–H and O–H groups in total. The summed E-state index contributed by atoms with van der Waals surface area (Å²) in [5, 5.41) is 9.45. The fourth-order valence-electron chi connectivity index (χ4n) is 3.27. The number of hydrogen-bond donors (Lipinski definition) is 1. The number of carbonyl (C=O) groups is 1. The Morgan fingerprint density at radius 1 is 1.24 bits per heavy atom. The molecule has 25 heavy (non-hydrogen) atoms. The van der Waals surface area contributed by atoms with Gasteiger partial charge in [-0.15, -0.1) is 11.3 Å². The van der Waals surface area contributed by atoms with Gasteiger partial charge in [0.05, 0.1) is 6.42 Å². The lowest BCUT2D eigenvalue weighted by Gasteiger charge is -2.31. The van der Waals surface area contributed by atoms with Crippen molar-refractivity contribution in [2.45, 2.75) is 25.2 Å².